The van der Waals surface area contributed by atoms with Crippen molar-refractivity contribution in [3.05, 3.63) is 46.5 Å². The van der Waals surface area contributed by atoms with E-state index in [2.05, 4.69) is 24.8 Å². The number of hydrogen-bond acceptors (Lipinski definition) is 7. The van der Waals surface area contributed by atoms with Crippen LogP contribution in [0.5, 0.6) is 0 Å². The van der Waals surface area contributed by atoms with Crippen LogP contribution in [-0.2, 0) is 16.9 Å². The Balaban J connectivity index is 1.66. The van der Waals surface area contributed by atoms with Crippen molar-refractivity contribution in [3.63, 3.8) is 0 Å². The van der Waals surface area contributed by atoms with Crippen LogP contribution >= 0.6 is 35.0 Å². The molecular weight excluding hydrogens is 425 g/mol. The molecule has 3 aromatic rings. The molecule has 3 heterocycles. The molecule has 0 spiro atoms. The van der Waals surface area contributed by atoms with E-state index in [1.54, 1.807) is 11.8 Å². The summed E-state index contributed by atoms with van der Waals surface area (Å²) in [6.07, 6.45) is 1.52. The van der Waals surface area contributed by atoms with Crippen molar-refractivity contribution in [1.82, 2.24) is 19.9 Å². The van der Waals surface area contributed by atoms with Gasteiger partial charge in [0.25, 0.3) is 0 Å². The third-order valence-electron chi connectivity index (χ3n) is 4.14. The first kappa shape index (κ1) is 19.0. The van der Waals surface area contributed by atoms with E-state index in [0.29, 0.717) is 52.2 Å². The Hall–Kier alpha value is -1.32. The fourth-order valence-corrected chi connectivity index (χ4v) is 5.15. The lowest BCUT2D eigenvalue weighted by molar-refractivity contribution is 0.585. The summed E-state index contributed by atoms with van der Waals surface area (Å²) >= 11 is 13.0. The van der Waals surface area contributed by atoms with Crippen LogP contribution in [0.2, 0.25) is 10.3 Å². The molecule has 6 nitrogen and oxygen atoms in total. The van der Waals surface area contributed by atoms with Crippen LogP contribution in [0.4, 0.5) is 5.82 Å². The quantitative estimate of drug-likeness (QED) is 0.266. The molecule has 0 radical (unpaired) electrons. The first-order valence-electron chi connectivity index (χ1n) is 8.25. The van der Waals surface area contributed by atoms with E-state index in [-0.39, 0.29) is 5.28 Å². The van der Waals surface area contributed by atoms with Gasteiger partial charge in [-0.3, -0.25) is 0 Å². The lowest BCUT2D eigenvalue weighted by atomic mass is 10.2. The predicted octanol–water partition coefficient (Wildman–Crippen LogP) is 3.59. The number of nitrogens with zero attached hydrogens (tertiary/aromatic N) is 5. The number of thioether (sulfide) groups is 1. The summed E-state index contributed by atoms with van der Waals surface area (Å²) in [4.78, 5) is 19.6. The van der Waals surface area contributed by atoms with Crippen LogP contribution in [0.15, 0.2) is 35.6 Å². The number of benzene rings is 1. The molecule has 0 bridgehead atoms. The van der Waals surface area contributed by atoms with E-state index in [1.165, 1.54) is 6.33 Å². The van der Waals surface area contributed by atoms with E-state index in [4.69, 9.17) is 23.2 Å². The minimum Gasteiger partial charge on any atom is -0.616 e. The van der Waals surface area contributed by atoms with Gasteiger partial charge in [-0.1, -0.05) is 46.7 Å². The van der Waals surface area contributed by atoms with Crippen LogP contribution in [0, 0.1) is 0 Å². The molecule has 1 fully saturated rings. The number of aromatic nitrogens is 4. The number of halogens is 2. The first-order chi connectivity index (χ1) is 13.1. The molecule has 1 aromatic carbocycles. The van der Waals surface area contributed by atoms with Gasteiger partial charge in [-0.2, -0.15) is 4.98 Å². The third kappa shape index (κ3) is 4.41. The highest BCUT2D eigenvalue weighted by atomic mass is 35.5. The smallest absolute Gasteiger partial charge is 0.225 e. The van der Waals surface area contributed by atoms with Crippen molar-refractivity contribution < 1.29 is 4.55 Å². The van der Waals surface area contributed by atoms with E-state index >= 15 is 0 Å². The molecule has 0 N–H and O–H groups in total. The Morgan fingerprint density at radius 3 is 2.70 bits per heavy atom. The highest BCUT2D eigenvalue weighted by molar-refractivity contribution is 7.98. The number of rotatable bonds is 4. The predicted molar refractivity (Wildman–Crippen MR) is 111 cm³/mol. The van der Waals surface area contributed by atoms with Gasteiger partial charge >= 0.3 is 0 Å². The molecule has 0 amide bonds. The van der Waals surface area contributed by atoms with Crippen LogP contribution in [0.1, 0.15) is 5.56 Å². The summed E-state index contributed by atoms with van der Waals surface area (Å²) in [6, 6.07) is 7.72. The van der Waals surface area contributed by atoms with Crippen molar-refractivity contribution in [3.8, 4) is 0 Å². The van der Waals surface area contributed by atoms with Gasteiger partial charge in [0.1, 0.15) is 33.9 Å². The van der Waals surface area contributed by atoms with Gasteiger partial charge < -0.3 is 9.45 Å². The van der Waals surface area contributed by atoms with Gasteiger partial charge in [-0.25, -0.2) is 15.0 Å². The Morgan fingerprint density at radius 2 is 1.93 bits per heavy atom. The number of hydrogen-bond donors (Lipinski definition) is 0. The van der Waals surface area contributed by atoms with Crippen molar-refractivity contribution in [1.29, 1.82) is 0 Å². The second kappa shape index (κ2) is 8.36. The van der Waals surface area contributed by atoms with Gasteiger partial charge in [0.2, 0.25) is 5.28 Å². The number of anilines is 1. The topological polar surface area (TPSA) is 77.9 Å². The van der Waals surface area contributed by atoms with E-state index in [1.807, 2.05) is 24.3 Å². The second-order valence-electron chi connectivity index (χ2n) is 5.95. The lowest BCUT2D eigenvalue weighted by Crippen LogP contribution is -2.41. The average molecular weight is 440 g/mol. The minimum atomic E-state index is -0.770. The fraction of sp³-hybridized carbons (Fsp3) is 0.294. The zero-order chi connectivity index (χ0) is 18.8. The maximum atomic E-state index is 11.7. The van der Waals surface area contributed by atoms with Gasteiger partial charge in [-0.05, 0) is 29.3 Å². The molecule has 2 aromatic heterocycles. The Bertz CT molecular complexity index is 969. The molecule has 10 heteroatoms. The van der Waals surface area contributed by atoms with Gasteiger partial charge in [0.05, 0.1) is 13.1 Å². The van der Waals surface area contributed by atoms with Crippen LogP contribution in [0.3, 0.4) is 0 Å². The maximum absolute atomic E-state index is 11.7. The molecule has 1 aliphatic rings. The zero-order valence-corrected chi connectivity index (χ0v) is 17.3. The summed E-state index contributed by atoms with van der Waals surface area (Å²) in [7, 11) is 0. The standard InChI is InChI=1S/C17H15Cl2N5OS2/c18-12-3-1-2-11(8-12)9-26-16-14-13(20-10-21-16)15(23-17(19)22-14)24-4-6-27(25)7-5-24/h1-3,8,10H,4-7,9H2. The Kier molecular flexibility index (Phi) is 5.89. The van der Waals surface area contributed by atoms with Crippen LogP contribution < -0.4 is 4.90 Å². The summed E-state index contributed by atoms with van der Waals surface area (Å²) in [5, 5.41) is 1.60. The van der Waals surface area contributed by atoms with Gasteiger partial charge in [0, 0.05) is 10.8 Å². The SMILES string of the molecule is [O-][S+]1CCN(c2nc(Cl)nc3c(SCc4cccc(Cl)c4)ncnc23)CC1. The van der Waals surface area contributed by atoms with Crippen molar-refractivity contribution in [2.24, 2.45) is 0 Å². The molecule has 1 saturated heterocycles. The summed E-state index contributed by atoms with van der Waals surface area (Å²) in [5.74, 6) is 2.61. The second-order valence-corrected chi connectivity index (χ2v) is 9.38. The monoisotopic (exact) mass is 439 g/mol. The van der Waals surface area contributed by atoms with Crippen molar-refractivity contribution in [2.45, 2.75) is 10.8 Å². The average Bonchev–Trinajstić information content (AvgIpc) is 2.66. The lowest BCUT2D eigenvalue weighted by Gasteiger charge is -2.29. The normalized spacial score (nSPS) is 15.4. The summed E-state index contributed by atoms with van der Waals surface area (Å²) in [5.41, 5.74) is 2.39. The molecule has 0 saturated carbocycles. The van der Waals surface area contributed by atoms with Crippen LogP contribution in [-0.4, -0.2) is 49.1 Å². The van der Waals surface area contributed by atoms with E-state index < -0.39 is 11.2 Å². The van der Waals surface area contributed by atoms with Crippen molar-refractivity contribution >= 4 is 63.0 Å². The highest BCUT2D eigenvalue weighted by Gasteiger charge is 2.24. The van der Waals surface area contributed by atoms with Gasteiger partial charge in [-0.15, -0.1) is 0 Å². The molecule has 140 valence electrons. The molecule has 0 atom stereocenters. The Labute approximate surface area is 173 Å². The molecule has 4 rings (SSSR count). The molecule has 27 heavy (non-hydrogen) atoms. The van der Waals surface area contributed by atoms with Crippen molar-refractivity contribution in [2.75, 3.05) is 29.5 Å². The van der Waals surface area contributed by atoms with Gasteiger partial charge in [0.15, 0.2) is 5.82 Å². The molecule has 0 unspecified atom stereocenters. The third-order valence-corrected chi connectivity index (χ3v) is 6.87. The largest absolute Gasteiger partial charge is 0.616 e. The highest BCUT2D eigenvalue weighted by Crippen LogP contribution is 2.31. The number of fused-ring (bicyclic) bond motifs is 1. The first-order valence-corrected chi connectivity index (χ1v) is 11.5. The Morgan fingerprint density at radius 1 is 1.11 bits per heavy atom. The fourth-order valence-electron chi connectivity index (χ4n) is 2.84. The van der Waals surface area contributed by atoms with E-state index in [0.717, 1.165) is 10.6 Å². The zero-order valence-electron chi connectivity index (χ0n) is 14.1. The summed E-state index contributed by atoms with van der Waals surface area (Å²) in [6.45, 7) is 1.31. The van der Waals surface area contributed by atoms with Crippen LogP contribution in [0.25, 0.3) is 11.0 Å². The maximum Gasteiger partial charge on any atom is 0.225 e. The molecule has 0 aliphatic carbocycles. The molecule has 1 aliphatic heterocycles. The molecular formula is C17H15Cl2N5OS2. The van der Waals surface area contributed by atoms with E-state index in [9.17, 15) is 4.55 Å². The minimum absolute atomic E-state index is 0.156. The summed E-state index contributed by atoms with van der Waals surface area (Å²) < 4.78 is 11.7.